The van der Waals surface area contributed by atoms with Gasteiger partial charge in [-0.05, 0) is 30.2 Å². The molecule has 0 saturated heterocycles. The third-order valence-corrected chi connectivity index (χ3v) is 6.37. The molecule has 4 rings (SSSR count). The molecule has 2 aromatic rings. The molecule has 1 aromatic heterocycles. The van der Waals surface area contributed by atoms with Gasteiger partial charge in [0.15, 0.2) is 5.84 Å². The van der Waals surface area contributed by atoms with Crippen LogP contribution in [0.5, 0.6) is 0 Å². The van der Waals surface area contributed by atoms with E-state index in [1.807, 2.05) is 16.8 Å². The standard InChI is InChI=1S/C19H20Cl2N4O3/c20-12-2-1-9(7-13(12)21)16(26)11-8-15(18(28)17(11)27)25-6-4-10-14(25)3-5-23-19(10)24-22/h1-2,4-7,11,15-18,26-28H,3,8,22H2/b24-19+/t11-,15-,16-,17-,18+/m1/s1. The average molecular weight is 423 g/mol. The zero-order chi connectivity index (χ0) is 20.0. The highest BCUT2D eigenvalue weighted by molar-refractivity contribution is 6.42. The lowest BCUT2D eigenvalue weighted by Crippen LogP contribution is -2.32. The van der Waals surface area contributed by atoms with E-state index in [0.29, 0.717) is 34.3 Å². The van der Waals surface area contributed by atoms with E-state index in [9.17, 15) is 15.3 Å². The molecule has 5 atom stereocenters. The first kappa shape index (κ1) is 19.4. The normalized spacial score (nSPS) is 29.2. The third-order valence-electron chi connectivity index (χ3n) is 5.63. The Labute approximate surface area is 171 Å². The van der Waals surface area contributed by atoms with Gasteiger partial charge in [0.1, 0.15) is 6.10 Å². The molecule has 1 aliphatic heterocycles. The Bertz CT molecular complexity index is 959. The fourth-order valence-corrected chi connectivity index (χ4v) is 4.48. The van der Waals surface area contributed by atoms with Gasteiger partial charge in [-0.1, -0.05) is 29.3 Å². The van der Waals surface area contributed by atoms with Crippen molar-refractivity contribution in [3.8, 4) is 0 Å². The summed E-state index contributed by atoms with van der Waals surface area (Å²) in [5.74, 6) is 5.27. The molecule has 0 spiro atoms. The number of rotatable bonds is 3. The van der Waals surface area contributed by atoms with E-state index in [-0.39, 0.29) is 0 Å². The lowest BCUT2D eigenvalue weighted by Gasteiger charge is -2.22. The summed E-state index contributed by atoms with van der Waals surface area (Å²) in [5, 5.41) is 36.6. The first-order chi connectivity index (χ1) is 13.4. The predicted octanol–water partition coefficient (Wildman–Crippen LogP) is 2.06. The van der Waals surface area contributed by atoms with Crippen LogP contribution in [-0.4, -0.2) is 44.1 Å². The summed E-state index contributed by atoms with van der Waals surface area (Å²) in [6, 6.07) is 6.31. The van der Waals surface area contributed by atoms with E-state index in [1.165, 1.54) is 0 Å². The molecule has 0 radical (unpaired) electrons. The van der Waals surface area contributed by atoms with Gasteiger partial charge in [-0.25, -0.2) is 4.99 Å². The van der Waals surface area contributed by atoms with Crippen LogP contribution in [0.2, 0.25) is 10.0 Å². The molecular formula is C19H20Cl2N4O3. The average Bonchev–Trinajstić information content (AvgIpc) is 3.25. The van der Waals surface area contributed by atoms with Crippen LogP contribution in [0, 0.1) is 5.92 Å². The van der Waals surface area contributed by atoms with Gasteiger partial charge in [0.2, 0.25) is 0 Å². The zero-order valence-electron chi connectivity index (χ0n) is 14.8. The summed E-state index contributed by atoms with van der Waals surface area (Å²) >= 11 is 12.0. The lowest BCUT2D eigenvalue weighted by molar-refractivity contribution is -0.0267. The Morgan fingerprint density at radius 1 is 1.18 bits per heavy atom. The number of aliphatic hydroxyl groups is 3. The molecular weight excluding hydrogens is 403 g/mol. The first-order valence-electron chi connectivity index (χ1n) is 8.92. The smallest absolute Gasteiger partial charge is 0.180 e. The molecule has 5 N–H and O–H groups in total. The third kappa shape index (κ3) is 3.13. The summed E-state index contributed by atoms with van der Waals surface area (Å²) in [6.07, 6.45) is 1.39. The number of amidine groups is 1. The van der Waals surface area contributed by atoms with Crippen molar-refractivity contribution in [1.29, 1.82) is 0 Å². The van der Waals surface area contributed by atoms with Crippen molar-refractivity contribution in [2.45, 2.75) is 37.2 Å². The Balaban J connectivity index is 1.62. The Kier molecular flexibility index (Phi) is 5.20. The summed E-state index contributed by atoms with van der Waals surface area (Å²) in [7, 11) is 0. The predicted molar refractivity (Wildman–Crippen MR) is 108 cm³/mol. The minimum atomic E-state index is -1.09. The molecule has 0 amide bonds. The summed E-state index contributed by atoms with van der Waals surface area (Å²) in [4.78, 5) is 4.17. The molecule has 2 aliphatic rings. The van der Waals surface area contributed by atoms with Gasteiger partial charge < -0.3 is 25.7 Å². The van der Waals surface area contributed by atoms with Crippen LogP contribution in [0.4, 0.5) is 0 Å². The summed E-state index contributed by atoms with van der Waals surface area (Å²) < 4.78 is 1.92. The molecule has 1 saturated carbocycles. The Hall–Kier alpha value is -1.90. The fourth-order valence-electron chi connectivity index (χ4n) is 4.18. The molecule has 7 nitrogen and oxygen atoms in total. The minimum Gasteiger partial charge on any atom is -0.390 e. The van der Waals surface area contributed by atoms with Gasteiger partial charge in [-0.3, -0.25) is 0 Å². The van der Waals surface area contributed by atoms with Crippen molar-refractivity contribution >= 4 is 35.3 Å². The lowest BCUT2D eigenvalue weighted by atomic mass is 9.92. The molecule has 148 valence electrons. The van der Waals surface area contributed by atoms with Crippen LogP contribution in [0.25, 0.3) is 0 Å². The quantitative estimate of drug-likeness (QED) is 0.447. The second kappa shape index (κ2) is 7.50. The number of aliphatic imine (C=N–C) groups is 1. The molecule has 1 fully saturated rings. The van der Waals surface area contributed by atoms with E-state index < -0.39 is 30.3 Å². The maximum absolute atomic E-state index is 10.8. The molecule has 1 aliphatic carbocycles. The molecule has 0 bridgehead atoms. The molecule has 1 aromatic carbocycles. The number of fused-ring (bicyclic) bond motifs is 1. The van der Waals surface area contributed by atoms with Crippen molar-refractivity contribution in [3.63, 3.8) is 0 Å². The maximum Gasteiger partial charge on any atom is 0.180 e. The fraction of sp³-hybridized carbons (Fsp3) is 0.368. The topological polar surface area (TPSA) is 116 Å². The van der Waals surface area contributed by atoms with Crippen molar-refractivity contribution < 1.29 is 15.3 Å². The minimum absolute atomic E-state index is 0.329. The van der Waals surface area contributed by atoms with Crippen LogP contribution < -0.4 is 5.84 Å². The van der Waals surface area contributed by atoms with E-state index in [2.05, 4.69) is 10.1 Å². The highest BCUT2D eigenvalue weighted by Crippen LogP contribution is 2.43. The number of hydrogen-bond donors (Lipinski definition) is 4. The molecule has 2 heterocycles. The largest absolute Gasteiger partial charge is 0.390 e. The van der Waals surface area contributed by atoms with Crippen LogP contribution in [0.1, 0.15) is 35.4 Å². The number of nitrogens with two attached hydrogens (primary N) is 1. The number of hydrogen-bond acceptors (Lipinski definition) is 5. The highest BCUT2D eigenvalue weighted by Gasteiger charge is 2.46. The molecule has 9 heteroatoms. The zero-order valence-corrected chi connectivity index (χ0v) is 16.3. The van der Waals surface area contributed by atoms with Crippen molar-refractivity contribution in [1.82, 2.24) is 4.57 Å². The Morgan fingerprint density at radius 2 is 1.96 bits per heavy atom. The SMILES string of the molecule is N/N=C1/N=CCc2c1ccn2[C@@H]1C[C@H]([C@H](O)c2ccc(Cl)c(Cl)c2)[C@@H](O)[C@H]1O. The van der Waals surface area contributed by atoms with E-state index in [4.69, 9.17) is 29.0 Å². The van der Waals surface area contributed by atoms with Crippen LogP contribution in [0.15, 0.2) is 40.6 Å². The van der Waals surface area contributed by atoms with Gasteiger partial charge in [-0.15, -0.1) is 0 Å². The van der Waals surface area contributed by atoms with Crippen molar-refractivity contribution in [2.75, 3.05) is 0 Å². The van der Waals surface area contributed by atoms with Crippen LogP contribution in [0.3, 0.4) is 0 Å². The molecule has 0 unspecified atom stereocenters. The first-order valence-corrected chi connectivity index (χ1v) is 9.67. The van der Waals surface area contributed by atoms with Gasteiger partial charge in [-0.2, -0.15) is 5.10 Å². The number of aromatic nitrogens is 1. The number of hydrazone groups is 1. The van der Waals surface area contributed by atoms with E-state index in [1.54, 1.807) is 24.4 Å². The van der Waals surface area contributed by atoms with E-state index in [0.717, 1.165) is 11.3 Å². The van der Waals surface area contributed by atoms with Gasteiger partial charge in [0.05, 0.1) is 28.3 Å². The van der Waals surface area contributed by atoms with Crippen molar-refractivity contribution in [3.05, 3.63) is 57.3 Å². The van der Waals surface area contributed by atoms with Crippen molar-refractivity contribution in [2.24, 2.45) is 21.9 Å². The number of benzene rings is 1. The maximum atomic E-state index is 10.8. The number of halogens is 2. The number of aliphatic hydroxyl groups excluding tert-OH is 3. The monoisotopic (exact) mass is 422 g/mol. The van der Waals surface area contributed by atoms with Gasteiger partial charge in [0, 0.05) is 36.0 Å². The van der Waals surface area contributed by atoms with Crippen LogP contribution >= 0.6 is 23.2 Å². The summed E-state index contributed by atoms with van der Waals surface area (Å²) in [5.41, 5.74) is 2.27. The summed E-state index contributed by atoms with van der Waals surface area (Å²) in [6.45, 7) is 0. The van der Waals surface area contributed by atoms with Crippen LogP contribution in [-0.2, 0) is 6.42 Å². The Morgan fingerprint density at radius 3 is 2.68 bits per heavy atom. The molecule has 28 heavy (non-hydrogen) atoms. The second-order valence-electron chi connectivity index (χ2n) is 7.12. The second-order valence-corrected chi connectivity index (χ2v) is 7.93. The number of nitrogens with zero attached hydrogens (tertiary/aromatic N) is 3. The highest BCUT2D eigenvalue weighted by atomic mass is 35.5. The van der Waals surface area contributed by atoms with Gasteiger partial charge >= 0.3 is 0 Å². The van der Waals surface area contributed by atoms with Gasteiger partial charge in [0.25, 0.3) is 0 Å². The van der Waals surface area contributed by atoms with E-state index >= 15 is 0 Å².